The third kappa shape index (κ3) is 2.16. The van der Waals surface area contributed by atoms with Crippen LogP contribution in [0.15, 0.2) is 18.2 Å². The van der Waals surface area contributed by atoms with Gasteiger partial charge in [0.05, 0.1) is 24.6 Å². The van der Waals surface area contributed by atoms with Crippen LogP contribution in [0, 0.1) is 11.3 Å². The molecule has 0 saturated carbocycles. The molecule has 0 saturated heterocycles. The van der Waals surface area contributed by atoms with Crippen LogP contribution < -0.4 is 10.5 Å². The minimum Gasteiger partial charge on any atom is -0.495 e. The fourth-order valence-electron chi connectivity index (χ4n) is 1.18. The summed E-state index contributed by atoms with van der Waals surface area (Å²) >= 11 is 6.03. The summed E-state index contributed by atoms with van der Waals surface area (Å²) in [5.41, 5.74) is 6.51. The van der Waals surface area contributed by atoms with E-state index >= 15 is 0 Å². The number of ether oxygens (including phenoxy) is 1. The normalized spacial score (nSPS) is 11.9. The fourth-order valence-corrected chi connectivity index (χ4v) is 1.52. The van der Waals surface area contributed by atoms with Crippen LogP contribution in [0.1, 0.15) is 18.0 Å². The van der Waals surface area contributed by atoms with Gasteiger partial charge in [-0.05, 0) is 11.6 Å². The zero-order chi connectivity index (χ0) is 10.6. The molecule has 4 heteroatoms. The van der Waals surface area contributed by atoms with Crippen molar-refractivity contribution < 1.29 is 4.74 Å². The minimum atomic E-state index is -0.359. The molecule has 0 amide bonds. The molecule has 14 heavy (non-hydrogen) atoms. The molecule has 1 aromatic carbocycles. The number of halogens is 1. The van der Waals surface area contributed by atoms with Gasteiger partial charge in [0.15, 0.2) is 0 Å². The fraction of sp³-hybridized carbons (Fsp3) is 0.300. The Hall–Kier alpha value is -1.24. The first-order valence-electron chi connectivity index (χ1n) is 4.15. The largest absolute Gasteiger partial charge is 0.495 e. The van der Waals surface area contributed by atoms with Gasteiger partial charge in [0.2, 0.25) is 0 Å². The topological polar surface area (TPSA) is 59.0 Å². The molecule has 0 unspecified atom stereocenters. The van der Waals surface area contributed by atoms with Crippen LogP contribution in [-0.4, -0.2) is 7.11 Å². The Labute approximate surface area is 88.0 Å². The smallest absolute Gasteiger partial charge is 0.137 e. The van der Waals surface area contributed by atoms with Gasteiger partial charge in [-0.15, -0.1) is 0 Å². The van der Waals surface area contributed by atoms with Gasteiger partial charge in [-0.25, -0.2) is 0 Å². The first kappa shape index (κ1) is 10.8. The summed E-state index contributed by atoms with van der Waals surface area (Å²) in [7, 11) is 1.54. The van der Waals surface area contributed by atoms with Crippen LogP contribution in [0.25, 0.3) is 0 Å². The molecule has 2 N–H and O–H groups in total. The molecule has 0 fully saturated rings. The molecule has 0 heterocycles. The Balaban J connectivity index is 3.04. The number of methoxy groups -OCH3 is 1. The van der Waals surface area contributed by atoms with E-state index in [4.69, 9.17) is 27.3 Å². The van der Waals surface area contributed by atoms with Gasteiger partial charge in [0.25, 0.3) is 0 Å². The lowest BCUT2D eigenvalue weighted by atomic mass is 10.1. The van der Waals surface area contributed by atoms with E-state index in [0.717, 1.165) is 5.56 Å². The molecule has 0 aliphatic rings. The number of nitrogens with zero attached hydrogens (tertiary/aromatic N) is 1. The van der Waals surface area contributed by atoms with E-state index in [2.05, 4.69) is 0 Å². The number of hydrogen-bond acceptors (Lipinski definition) is 3. The van der Waals surface area contributed by atoms with Crippen molar-refractivity contribution >= 4 is 11.6 Å². The molecule has 0 aliphatic carbocycles. The van der Waals surface area contributed by atoms with Crippen molar-refractivity contribution in [2.45, 2.75) is 12.5 Å². The van der Waals surface area contributed by atoms with Crippen molar-refractivity contribution in [2.24, 2.45) is 5.73 Å². The summed E-state index contributed by atoms with van der Waals surface area (Å²) in [5, 5.41) is 9.00. The first-order valence-corrected chi connectivity index (χ1v) is 4.53. The number of hydrogen-bond donors (Lipinski definition) is 1. The standard InChI is InChI=1S/C10H11ClN2O/c1-14-9-4-2-3-7(10(9)11)8(13)5-6-12/h2-4,8H,5,13H2,1H3/t8-/m0/s1. The molecule has 0 aromatic heterocycles. The second-order valence-corrected chi connectivity index (χ2v) is 3.21. The Morgan fingerprint density at radius 3 is 2.93 bits per heavy atom. The van der Waals surface area contributed by atoms with E-state index in [1.165, 1.54) is 0 Å². The highest BCUT2D eigenvalue weighted by Gasteiger charge is 2.12. The summed E-state index contributed by atoms with van der Waals surface area (Å²) in [6, 6.07) is 7.00. The van der Waals surface area contributed by atoms with Crippen molar-refractivity contribution in [1.82, 2.24) is 0 Å². The summed E-state index contributed by atoms with van der Waals surface area (Å²) in [4.78, 5) is 0. The van der Waals surface area contributed by atoms with Crippen LogP contribution >= 0.6 is 11.6 Å². The molecule has 1 aromatic rings. The summed E-state index contributed by atoms with van der Waals surface area (Å²) in [6.45, 7) is 0. The molecule has 1 atom stereocenters. The van der Waals surface area contributed by atoms with E-state index in [1.54, 1.807) is 25.3 Å². The highest BCUT2D eigenvalue weighted by atomic mass is 35.5. The molecule has 0 radical (unpaired) electrons. The first-order chi connectivity index (χ1) is 6.70. The summed E-state index contributed by atoms with van der Waals surface area (Å²) in [6.07, 6.45) is 0.243. The third-order valence-corrected chi connectivity index (χ3v) is 2.33. The van der Waals surface area contributed by atoms with Crippen LogP contribution in [-0.2, 0) is 0 Å². The van der Waals surface area contributed by atoms with E-state index in [1.807, 2.05) is 6.07 Å². The van der Waals surface area contributed by atoms with E-state index in [-0.39, 0.29) is 12.5 Å². The van der Waals surface area contributed by atoms with Gasteiger partial charge in [-0.2, -0.15) is 5.26 Å². The van der Waals surface area contributed by atoms with Crippen molar-refractivity contribution in [3.8, 4) is 11.8 Å². The number of nitriles is 1. The average molecular weight is 211 g/mol. The zero-order valence-electron chi connectivity index (χ0n) is 7.83. The maximum atomic E-state index is 8.51. The van der Waals surface area contributed by atoms with Crippen molar-refractivity contribution in [2.75, 3.05) is 7.11 Å². The molecule has 0 spiro atoms. The quantitative estimate of drug-likeness (QED) is 0.833. The molecule has 0 aliphatic heterocycles. The van der Waals surface area contributed by atoms with Crippen LogP contribution in [0.3, 0.4) is 0 Å². The SMILES string of the molecule is COc1cccc([C@@H](N)CC#N)c1Cl. The molecule has 0 bridgehead atoms. The van der Waals surface area contributed by atoms with Crippen molar-refractivity contribution in [3.05, 3.63) is 28.8 Å². The van der Waals surface area contributed by atoms with Gasteiger partial charge in [-0.3, -0.25) is 0 Å². The maximum Gasteiger partial charge on any atom is 0.137 e. The second-order valence-electron chi connectivity index (χ2n) is 2.83. The highest BCUT2D eigenvalue weighted by Crippen LogP contribution is 2.31. The van der Waals surface area contributed by atoms with Crippen LogP contribution in [0.4, 0.5) is 0 Å². The third-order valence-electron chi connectivity index (χ3n) is 1.92. The van der Waals surface area contributed by atoms with Gasteiger partial charge in [0.1, 0.15) is 5.75 Å². The highest BCUT2D eigenvalue weighted by molar-refractivity contribution is 6.32. The minimum absolute atomic E-state index is 0.243. The predicted molar refractivity (Wildman–Crippen MR) is 55.2 cm³/mol. The van der Waals surface area contributed by atoms with Gasteiger partial charge < -0.3 is 10.5 Å². The van der Waals surface area contributed by atoms with E-state index in [0.29, 0.717) is 10.8 Å². The Bertz CT molecular complexity index is 360. The molecular weight excluding hydrogens is 200 g/mol. The molecular formula is C10H11ClN2O. The number of nitrogens with two attached hydrogens (primary N) is 1. The molecule has 1 rings (SSSR count). The average Bonchev–Trinajstić information content (AvgIpc) is 2.18. The van der Waals surface area contributed by atoms with Crippen LogP contribution in [0.5, 0.6) is 5.75 Å². The summed E-state index contributed by atoms with van der Waals surface area (Å²) in [5.74, 6) is 0.581. The molecule has 74 valence electrons. The number of rotatable bonds is 3. The van der Waals surface area contributed by atoms with Crippen LogP contribution in [0.2, 0.25) is 5.02 Å². The second kappa shape index (κ2) is 4.85. The zero-order valence-corrected chi connectivity index (χ0v) is 8.58. The Morgan fingerprint density at radius 2 is 2.36 bits per heavy atom. The van der Waals surface area contributed by atoms with Gasteiger partial charge in [-0.1, -0.05) is 23.7 Å². The number of benzene rings is 1. The van der Waals surface area contributed by atoms with E-state index < -0.39 is 0 Å². The lowest BCUT2D eigenvalue weighted by Crippen LogP contribution is -2.10. The monoisotopic (exact) mass is 210 g/mol. The Kier molecular flexibility index (Phi) is 3.75. The summed E-state index contributed by atoms with van der Waals surface area (Å²) < 4.78 is 5.04. The van der Waals surface area contributed by atoms with Crippen molar-refractivity contribution in [1.29, 1.82) is 5.26 Å². The lowest BCUT2D eigenvalue weighted by molar-refractivity contribution is 0.414. The molecule has 3 nitrogen and oxygen atoms in total. The van der Waals surface area contributed by atoms with Gasteiger partial charge in [0, 0.05) is 6.04 Å². The maximum absolute atomic E-state index is 8.51. The Morgan fingerprint density at radius 1 is 1.64 bits per heavy atom. The van der Waals surface area contributed by atoms with Gasteiger partial charge >= 0.3 is 0 Å². The van der Waals surface area contributed by atoms with Crippen molar-refractivity contribution in [3.63, 3.8) is 0 Å². The van der Waals surface area contributed by atoms with E-state index in [9.17, 15) is 0 Å². The predicted octanol–water partition coefficient (Wildman–Crippen LogP) is 2.26. The lowest BCUT2D eigenvalue weighted by Gasteiger charge is -2.12.